The summed E-state index contributed by atoms with van der Waals surface area (Å²) in [6.45, 7) is 2.34. The number of nitrogens with one attached hydrogen (secondary N) is 1. The van der Waals surface area contributed by atoms with Gasteiger partial charge in [0, 0.05) is 11.1 Å². The number of amides is 3. The summed E-state index contributed by atoms with van der Waals surface area (Å²) < 4.78 is 19.4. The fourth-order valence-corrected chi connectivity index (χ4v) is 3.58. The van der Waals surface area contributed by atoms with Crippen LogP contribution in [0.2, 0.25) is 0 Å². The van der Waals surface area contributed by atoms with E-state index in [0.29, 0.717) is 18.0 Å². The van der Waals surface area contributed by atoms with Crippen molar-refractivity contribution in [2.75, 3.05) is 11.5 Å². The number of carbonyl (C=O) groups is 3. The smallest absolute Gasteiger partial charge is 0.266 e. The molecule has 0 aromatic heterocycles. The molecule has 4 rings (SSSR count). The maximum absolute atomic E-state index is 14.0. The zero-order valence-electron chi connectivity index (χ0n) is 17.5. The van der Waals surface area contributed by atoms with E-state index in [2.05, 4.69) is 5.32 Å². The molecule has 1 atom stereocenters. The van der Waals surface area contributed by atoms with Crippen LogP contribution in [-0.2, 0) is 0 Å². The minimum atomic E-state index is -1.22. The van der Waals surface area contributed by atoms with Crippen molar-refractivity contribution in [1.29, 1.82) is 5.26 Å². The number of fused-ring (bicyclic) bond motifs is 1. The molecule has 33 heavy (non-hydrogen) atoms. The molecular formula is C25H18FN3O4. The number of hydrogen-bond donors (Lipinski definition) is 1. The summed E-state index contributed by atoms with van der Waals surface area (Å²) in [6.07, 6.45) is 0. The first-order chi connectivity index (χ1) is 15.9. The van der Waals surface area contributed by atoms with E-state index < -0.39 is 29.6 Å². The summed E-state index contributed by atoms with van der Waals surface area (Å²) in [5.74, 6) is -1.76. The Bertz CT molecular complexity index is 1300. The molecule has 0 radical (unpaired) electrons. The van der Waals surface area contributed by atoms with Gasteiger partial charge in [-0.3, -0.25) is 14.4 Å². The largest absolute Gasteiger partial charge is 0.494 e. The molecule has 1 unspecified atom stereocenters. The third-order valence-corrected chi connectivity index (χ3v) is 5.18. The normalized spacial score (nSPS) is 13.3. The van der Waals surface area contributed by atoms with Crippen molar-refractivity contribution < 1.29 is 23.5 Å². The first kappa shape index (κ1) is 21.7. The number of benzene rings is 3. The number of halogens is 1. The van der Waals surface area contributed by atoms with Gasteiger partial charge in [-0.15, -0.1) is 0 Å². The van der Waals surface area contributed by atoms with Crippen LogP contribution in [0.5, 0.6) is 5.75 Å². The SMILES string of the molecule is CCOc1ccc(N2C(=O)c3ccc(C(=O)NC(C#N)c4ccccc4F)cc3C2=O)cc1. The first-order valence-electron chi connectivity index (χ1n) is 10.1. The highest BCUT2D eigenvalue weighted by atomic mass is 19.1. The van der Waals surface area contributed by atoms with Gasteiger partial charge in [-0.2, -0.15) is 5.26 Å². The Morgan fingerprint density at radius 2 is 1.76 bits per heavy atom. The van der Waals surface area contributed by atoms with Gasteiger partial charge in [0.2, 0.25) is 0 Å². The highest BCUT2D eigenvalue weighted by molar-refractivity contribution is 6.34. The maximum Gasteiger partial charge on any atom is 0.266 e. The number of ether oxygens (including phenoxy) is 1. The second-order valence-electron chi connectivity index (χ2n) is 7.19. The Kier molecular flexibility index (Phi) is 5.87. The molecule has 1 aliphatic heterocycles. The van der Waals surface area contributed by atoms with Crippen LogP contribution in [0.1, 0.15) is 49.6 Å². The predicted octanol–water partition coefficient (Wildman–Crippen LogP) is 4.02. The van der Waals surface area contributed by atoms with Crippen LogP contribution in [0.25, 0.3) is 0 Å². The van der Waals surface area contributed by atoms with E-state index in [4.69, 9.17) is 4.74 Å². The Balaban J connectivity index is 1.58. The Labute approximate surface area is 189 Å². The van der Waals surface area contributed by atoms with Gasteiger partial charge in [0.1, 0.15) is 17.6 Å². The topological polar surface area (TPSA) is 99.5 Å². The van der Waals surface area contributed by atoms with Gasteiger partial charge in [-0.25, -0.2) is 9.29 Å². The van der Waals surface area contributed by atoms with Crippen LogP contribution in [-0.4, -0.2) is 24.3 Å². The van der Waals surface area contributed by atoms with Crippen molar-refractivity contribution in [3.8, 4) is 11.8 Å². The number of nitrogens with zero attached hydrogens (tertiary/aromatic N) is 2. The predicted molar refractivity (Wildman–Crippen MR) is 117 cm³/mol. The zero-order chi connectivity index (χ0) is 23.5. The molecule has 1 heterocycles. The number of hydrogen-bond acceptors (Lipinski definition) is 5. The van der Waals surface area contributed by atoms with Crippen LogP contribution in [0.4, 0.5) is 10.1 Å². The van der Waals surface area contributed by atoms with Gasteiger partial charge in [0.05, 0.1) is 29.5 Å². The maximum atomic E-state index is 14.0. The summed E-state index contributed by atoms with van der Waals surface area (Å²) in [5, 5.41) is 11.9. The first-order valence-corrected chi connectivity index (χ1v) is 10.1. The van der Waals surface area contributed by atoms with Gasteiger partial charge in [0.15, 0.2) is 0 Å². The van der Waals surface area contributed by atoms with Crippen molar-refractivity contribution in [2.24, 2.45) is 0 Å². The van der Waals surface area contributed by atoms with Gasteiger partial charge >= 0.3 is 0 Å². The fraction of sp³-hybridized carbons (Fsp3) is 0.120. The molecule has 1 N–H and O–H groups in total. The third kappa shape index (κ3) is 4.04. The zero-order valence-corrected chi connectivity index (χ0v) is 17.5. The average molecular weight is 443 g/mol. The van der Waals surface area contributed by atoms with Gasteiger partial charge in [-0.05, 0) is 55.5 Å². The molecule has 0 saturated heterocycles. The Morgan fingerprint density at radius 3 is 2.42 bits per heavy atom. The lowest BCUT2D eigenvalue weighted by molar-refractivity contribution is 0.0922. The molecule has 164 valence electrons. The van der Waals surface area contributed by atoms with Crippen molar-refractivity contribution in [3.05, 3.63) is 94.8 Å². The van der Waals surface area contributed by atoms with E-state index in [1.54, 1.807) is 30.3 Å². The van der Waals surface area contributed by atoms with E-state index >= 15 is 0 Å². The van der Waals surface area contributed by atoms with Crippen molar-refractivity contribution in [3.63, 3.8) is 0 Å². The average Bonchev–Trinajstić information content (AvgIpc) is 3.08. The summed E-state index contributed by atoms with van der Waals surface area (Å²) in [6, 6.07) is 16.9. The van der Waals surface area contributed by atoms with Crippen molar-refractivity contribution in [1.82, 2.24) is 5.32 Å². The third-order valence-electron chi connectivity index (χ3n) is 5.18. The number of anilines is 1. The van der Waals surface area contributed by atoms with Crippen molar-refractivity contribution >= 4 is 23.4 Å². The minimum Gasteiger partial charge on any atom is -0.494 e. The number of carbonyl (C=O) groups excluding carboxylic acids is 3. The molecular weight excluding hydrogens is 425 g/mol. The van der Waals surface area contributed by atoms with E-state index in [9.17, 15) is 24.0 Å². The highest BCUT2D eigenvalue weighted by Crippen LogP contribution is 2.30. The summed E-state index contributed by atoms with van der Waals surface area (Å²) in [5.41, 5.74) is 0.708. The van der Waals surface area contributed by atoms with E-state index in [-0.39, 0.29) is 22.3 Å². The monoisotopic (exact) mass is 443 g/mol. The molecule has 0 aliphatic carbocycles. The lowest BCUT2D eigenvalue weighted by Gasteiger charge is -2.14. The summed E-state index contributed by atoms with van der Waals surface area (Å²) in [4.78, 5) is 39.6. The van der Waals surface area contributed by atoms with Gasteiger partial charge in [-0.1, -0.05) is 18.2 Å². The van der Waals surface area contributed by atoms with Crippen LogP contribution in [0.3, 0.4) is 0 Å². The molecule has 0 spiro atoms. The van der Waals surface area contributed by atoms with Crippen LogP contribution >= 0.6 is 0 Å². The van der Waals surface area contributed by atoms with E-state index in [1.807, 2.05) is 13.0 Å². The molecule has 1 aliphatic rings. The number of imide groups is 1. The second kappa shape index (κ2) is 8.93. The van der Waals surface area contributed by atoms with Crippen LogP contribution < -0.4 is 15.0 Å². The standard InChI is InChI=1S/C25H18FN3O4/c1-2-33-17-10-8-16(9-11-17)29-24(31)18-12-7-15(13-20(18)25(29)32)23(30)28-22(14-27)19-5-3-4-6-21(19)26/h3-13,22H,2H2,1H3,(H,28,30). The minimum absolute atomic E-state index is 0.0300. The Hall–Kier alpha value is -4.51. The quantitative estimate of drug-likeness (QED) is 0.580. The molecule has 8 heteroatoms. The lowest BCUT2D eigenvalue weighted by Crippen LogP contribution is -2.29. The highest BCUT2D eigenvalue weighted by Gasteiger charge is 2.37. The van der Waals surface area contributed by atoms with Crippen LogP contribution in [0, 0.1) is 17.1 Å². The molecule has 3 aromatic rings. The summed E-state index contributed by atoms with van der Waals surface area (Å²) in [7, 11) is 0. The molecule has 7 nitrogen and oxygen atoms in total. The molecule has 3 aromatic carbocycles. The fourth-order valence-electron chi connectivity index (χ4n) is 3.58. The van der Waals surface area contributed by atoms with Crippen LogP contribution in [0.15, 0.2) is 66.7 Å². The van der Waals surface area contributed by atoms with Gasteiger partial charge < -0.3 is 10.1 Å². The molecule has 0 saturated carbocycles. The summed E-state index contributed by atoms with van der Waals surface area (Å²) >= 11 is 0. The van der Waals surface area contributed by atoms with Crippen molar-refractivity contribution in [2.45, 2.75) is 13.0 Å². The van der Waals surface area contributed by atoms with E-state index in [0.717, 1.165) is 4.90 Å². The molecule has 3 amide bonds. The van der Waals surface area contributed by atoms with E-state index in [1.165, 1.54) is 36.4 Å². The Morgan fingerprint density at radius 1 is 1.06 bits per heavy atom. The number of nitriles is 1. The molecule has 0 fully saturated rings. The van der Waals surface area contributed by atoms with Gasteiger partial charge in [0.25, 0.3) is 17.7 Å². The molecule has 0 bridgehead atoms. The second-order valence-corrected chi connectivity index (χ2v) is 7.19. The lowest BCUT2D eigenvalue weighted by atomic mass is 10.0. The number of rotatable bonds is 6.